The Morgan fingerprint density at radius 3 is 2.75 bits per heavy atom. The highest BCUT2D eigenvalue weighted by Gasteiger charge is 2.19. The van der Waals surface area contributed by atoms with E-state index in [0.717, 1.165) is 24.2 Å². The molecule has 1 amide bonds. The molecule has 88 valence electrons. The normalized spacial score (nSPS) is 14.2. The van der Waals surface area contributed by atoms with Crippen molar-refractivity contribution < 1.29 is 4.79 Å². The van der Waals surface area contributed by atoms with E-state index in [1.165, 1.54) is 0 Å². The number of hydrogen-bond acceptors (Lipinski definition) is 2. The van der Waals surface area contributed by atoms with Gasteiger partial charge >= 0.3 is 0 Å². The third kappa shape index (κ3) is 3.20. The molecule has 1 aromatic heterocycles. The first-order valence-corrected chi connectivity index (χ1v) is 5.80. The summed E-state index contributed by atoms with van der Waals surface area (Å²) in [5, 5.41) is 3.46. The Hall–Kier alpha value is -1.09. The lowest BCUT2D eigenvalue weighted by atomic mass is 9.96. The first-order valence-electron chi connectivity index (χ1n) is 5.42. The Balaban J connectivity index is 3.04. The molecule has 1 heterocycles. The van der Waals surface area contributed by atoms with Crippen molar-refractivity contribution in [3.63, 3.8) is 0 Å². The average Bonchev–Trinajstić information content (AvgIpc) is 2.23. The molecule has 0 bridgehead atoms. The molecule has 0 saturated heterocycles. The zero-order chi connectivity index (χ0) is 12.1. The van der Waals surface area contributed by atoms with Gasteiger partial charge in [0.1, 0.15) is 0 Å². The number of hydrogen-bond donors (Lipinski definition) is 1. The highest BCUT2D eigenvalue weighted by Crippen LogP contribution is 2.25. The van der Waals surface area contributed by atoms with E-state index in [0.29, 0.717) is 10.9 Å². The van der Waals surface area contributed by atoms with Gasteiger partial charge in [0.2, 0.25) is 6.41 Å². The van der Waals surface area contributed by atoms with Gasteiger partial charge in [-0.25, -0.2) is 0 Å². The van der Waals surface area contributed by atoms with Crippen LogP contribution in [0.5, 0.6) is 0 Å². The fourth-order valence-corrected chi connectivity index (χ4v) is 1.93. The van der Waals surface area contributed by atoms with E-state index in [2.05, 4.69) is 24.1 Å². The Morgan fingerprint density at radius 2 is 2.25 bits per heavy atom. The Kier molecular flexibility index (Phi) is 4.74. The van der Waals surface area contributed by atoms with Crippen molar-refractivity contribution >= 4 is 18.0 Å². The number of amides is 1. The first-order chi connectivity index (χ1) is 7.58. The van der Waals surface area contributed by atoms with Crippen LogP contribution in [0, 0.1) is 12.8 Å². The van der Waals surface area contributed by atoms with Gasteiger partial charge < -0.3 is 5.32 Å². The predicted molar refractivity (Wildman–Crippen MR) is 65.4 cm³/mol. The zero-order valence-corrected chi connectivity index (χ0v) is 10.6. The maximum Gasteiger partial charge on any atom is 0.207 e. The molecule has 0 aromatic carbocycles. The number of nitrogens with one attached hydrogen (secondary N) is 1. The summed E-state index contributed by atoms with van der Waals surface area (Å²) in [6.45, 7) is 6.06. The van der Waals surface area contributed by atoms with Crippen molar-refractivity contribution in [1.82, 2.24) is 10.3 Å². The van der Waals surface area contributed by atoms with Crippen LogP contribution in [0.1, 0.15) is 37.7 Å². The van der Waals surface area contributed by atoms with Crippen LogP contribution in [0.3, 0.4) is 0 Å². The maximum absolute atomic E-state index is 10.6. The number of aryl methyl sites for hydroxylation is 1. The van der Waals surface area contributed by atoms with E-state index >= 15 is 0 Å². The second kappa shape index (κ2) is 5.85. The second-order valence-electron chi connectivity index (χ2n) is 4.00. The smallest absolute Gasteiger partial charge is 0.207 e. The topological polar surface area (TPSA) is 42.0 Å². The molecule has 0 spiro atoms. The maximum atomic E-state index is 10.6. The Bertz CT molecular complexity index is 348. The molecule has 0 radical (unpaired) electrons. The van der Waals surface area contributed by atoms with Gasteiger partial charge in [0.25, 0.3) is 0 Å². The van der Waals surface area contributed by atoms with Crippen LogP contribution in [-0.2, 0) is 4.79 Å². The number of carbonyl (C=O) groups is 1. The molecule has 16 heavy (non-hydrogen) atoms. The van der Waals surface area contributed by atoms with Crippen LogP contribution in [0.4, 0.5) is 0 Å². The number of halogens is 1. The second-order valence-corrected chi connectivity index (χ2v) is 4.44. The third-order valence-electron chi connectivity index (χ3n) is 2.72. The van der Waals surface area contributed by atoms with E-state index in [4.69, 9.17) is 11.6 Å². The first kappa shape index (κ1) is 13.0. The molecule has 0 aliphatic rings. The third-order valence-corrected chi connectivity index (χ3v) is 2.94. The SMILES string of the molecule is CC[C@@H](C)[C@@H](NC=O)c1cc(Cl)cc(C)n1. The molecule has 0 aliphatic heterocycles. The van der Waals surface area contributed by atoms with Gasteiger partial charge in [0.15, 0.2) is 0 Å². The van der Waals surface area contributed by atoms with Gasteiger partial charge in [-0.3, -0.25) is 9.78 Å². The molecule has 0 saturated carbocycles. The minimum Gasteiger partial charge on any atom is -0.350 e. The molecular formula is C12H17ClN2O. The van der Waals surface area contributed by atoms with Crippen molar-refractivity contribution in [3.8, 4) is 0 Å². The summed E-state index contributed by atoms with van der Waals surface area (Å²) < 4.78 is 0. The summed E-state index contributed by atoms with van der Waals surface area (Å²) in [6, 6.07) is 3.54. The quantitative estimate of drug-likeness (QED) is 0.805. The van der Waals surface area contributed by atoms with E-state index < -0.39 is 0 Å². The fourth-order valence-electron chi connectivity index (χ4n) is 1.66. The molecule has 1 N–H and O–H groups in total. The highest BCUT2D eigenvalue weighted by atomic mass is 35.5. The number of carbonyl (C=O) groups excluding carboxylic acids is 1. The summed E-state index contributed by atoms with van der Waals surface area (Å²) in [7, 11) is 0. The van der Waals surface area contributed by atoms with Crippen LogP contribution < -0.4 is 5.32 Å². The van der Waals surface area contributed by atoms with Crippen LogP contribution in [0.15, 0.2) is 12.1 Å². The van der Waals surface area contributed by atoms with Crippen molar-refractivity contribution in [2.75, 3.05) is 0 Å². The van der Waals surface area contributed by atoms with Gasteiger partial charge in [0.05, 0.1) is 11.7 Å². The number of nitrogens with zero attached hydrogens (tertiary/aromatic N) is 1. The van der Waals surface area contributed by atoms with Gasteiger partial charge in [-0.1, -0.05) is 31.9 Å². The summed E-state index contributed by atoms with van der Waals surface area (Å²) in [4.78, 5) is 15.0. The van der Waals surface area contributed by atoms with Crippen molar-refractivity contribution in [2.24, 2.45) is 5.92 Å². The standard InChI is InChI=1S/C12H17ClN2O/c1-4-8(2)12(14-7-16)11-6-10(13)5-9(3)15-11/h5-8,12H,4H2,1-3H3,(H,14,16)/t8-,12-/m1/s1. The zero-order valence-electron chi connectivity index (χ0n) is 9.83. The van der Waals surface area contributed by atoms with E-state index in [1.807, 2.05) is 13.0 Å². The van der Waals surface area contributed by atoms with Crippen LogP contribution in [0.2, 0.25) is 5.02 Å². The molecular weight excluding hydrogens is 224 g/mol. The molecule has 0 aliphatic carbocycles. The summed E-state index contributed by atoms with van der Waals surface area (Å²) in [6.07, 6.45) is 1.69. The van der Waals surface area contributed by atoms with Gasteiger partial charge in [-0.05, 0) is 25.0 Å². The minimum atomic E-state index is -0.0695. The van der Waals surface area contributed by atoms with Crippen molar-refractivity contribution in [3.05, 3.63) is 28.5 Å². The minimum absolute atomic E-state index is 0.0695. The summed E-state index contributed by atoms with van der Waals surface area (Å²) >= 11 is 5.99. The molecule has 1 rings (SSSR count). The molecule has 0 fully saturated rings. The lowest BCUT2D eigenvalue weighted by Gasteiger charge is -2.22. The Morgan fingerprint density at radius 1 is 1.56 bits per heavy atom. The number of pyridine rings is 1. The molecule has 1 aromatic rings. The average molecular weight is 241 g/mol. The Labute approximate surface area is 101 Å². The van der Waals surface area contributed by atoms with E-state index in [1.54, 1.807) is 6.07 Å². The summed E-state index contributed by atoms with van der Waals surface area (Å²) in [5.74, 6) is 0.329. The van der Waals surface area contributed by atoms with E-state index in [-0.39, 0.29) is 6.04 Å². The highest BCUT2D eigenvalue weighted by molar-refractivity contribution is 6.30. The van der Waals surface area contributed by atoms with Crippen LogP contribution >= 0.6 is 11.6 Å². The van der Waals surface area contributed by atoms with Gasteiger partial charge in [0, 0.05) is 10.7 Å². The predicted octanol–water partition coefficient (Wildman–Crippen LogP) is 2.88. The largest absolute Gasteiger partial charge is 0.350 e. The van der Waals surface area contributed by atoms with Crippen molar-refractivity contribution in [2.45, 2.75) is 33.2 Å². The molecule has 2 atom stereocenters. The fraction of sp³-hybridized carbons (Fsp3) is 0.500. The van der Waals surface area contributed by atoms with Gasteiger partial charge in [-0.15, -0.1) is 0 Å². The van der Waals surface area contributed by atoms with E-state index in [9.17, 15) is 4.79 Å². The van der Waals surface area contributed by atoms with Crippen LogP contribution in [-0.4, -0.2) is 11.4 Å². The van der Waals surface area contributed by atoms with Gasteiger partial charge in [-0.2, -0.15) is 0 Å². The van der Waals surface area contributed by atoms with Crippen LogP contribution in [0.25, 0.3) is 0 Å². The van der Waals surface area contributed by atoms with Crippen molar-refractivity contribution in [1.29, 1.82) is 0 Å². The lowest BCUT2D eigenvalue weighted by molar-refractivity contribution is -0.110. The molecule has 3 nitrogen and oxygen atoms in total. The molecule has 0 unspecified atom stereocenters. The number of aromatic nitrogens is 1. The summed E-state index contributed by atoms with van der Waals surface area (Å²) in [5.41, 5.74) is 1.69. The lowest BCUT2D eigenvalue weighted by Crippen LogP contribution is -2.26. The monoisotopic (exact) mass is 240 g/mol. The number of rotatable bonds is 5. The molecule has 4 heteroatoms.